The van der Waals surface area contributed by atoms with Gasteiger partial charge in [-0.05, 0) is 42.9 Å². The van der Waals surface area contributed by atoms with Crippen molar-refractivity contribution in [3.63, 3.8) is 0 Å². The molecule has 7 heteroatoms. The highest BCUT2D eigenvalue weighted by Crippen LogP contribution is 2.18. The van der Waals surface area contributed by atoms with Gasteiger partial charge in [0.05, 0.1) is 10.9 Å². The second kappa shape index (κ2) is 7.74. The Balaban J connectivity index is 2.07. The molecule has 0 spiro atoms. The first-order valence-corrected chi connectivity index (χ1v) is 9.30. The van der Waals surface area contributed by atoms with E-state index in [-0.39, 0.29) is 10.9 Å². The molecule has 0 aliphatic heterocycles. The third-order valence-electron chi connectivity index (χ3n) is 3.52. The van der Waals surface area contributed by atoms with Crippen molar-refractivity contribution < 1.29 is 8.42 Å². The van der Waals surface area contributed by atoms with E-state index in [2.05, 4.69) is 10.6 Å². The quantitative estimate of drug-likeness (QED) is 0.800. The molecule has 1 unspecified atom stereocenters. The summed E-state index contributed by atoms with van der Waals surface area (Å²) in [5, 5.41) is 6.65. The number of rotatable bonds is 5. The summed E-state index contributed by atoms with van der Waals surface area (Å²) in [6.07, 6.45) is 0. The highest BCUT2D eigenvalue weighted by atomic mass is 32.2. The van der Waals surface area contributed by atoms with E-state index >= 15 is 0 Å². The van der Waals surface area contributed by atoms with Crippen LogP contribution in [0.1, 0.15) is 18.5 Å². The van der Waals surface area contributed by atoms with Gasteiger partial charge in [-0.3, -0.25) is 0 Å². The molecule has 2 N–H and O–H groups in total. The van der Waals surface area contributed by atoms with Gasteiger partial charge in [-0.2, -0.15) is 0 Å². The zero-order chi connectivity index (χ0) is 17.7. The molecular formula is C17H21N3O2S2. The Morgan fingerprint density at radius 1 is 1.08 bits per heavy atom. The lowest BCUT2D eigenvalue weighted by atomic mass is 10.1. The lowest BCUT2D eigenvalue weighted by Crippen LogP contribution is -2.31. The van der Waals surface area contributed by atoms with Gasteiger partial charge < -0.3 is 10.6 Å². The van der Waals surface area contributed by atoms with Crippen LogP contribution in [0.15, 0.2) is 59.5 Å². The van der Waals surface area contributed by atoms with Gasteiger partial charge in [-0.1, -0.05) is 36.4 Å². The molecular weight excluding hydrogens is 342 g/mol. The van der Waals surface area contributed by atoms with Crippen molar-refractivity contribution in [2.75, 3.05) is 19.4 Å². The summed E-state index contributed by atoms with van der Waals surface area (Å²) in [6.45, 7) is 2.01. The molecule has 2 aromatic rings. The highest BCUT2D eigenvalue weighted by molar-refractivity contribution is 7.89. The number of hydrogen-bond donors (Lipinski definition) is 2. The fourth-order valence-corrected chi connectivity index (χ4v) is 3.38. The van der Waals surface area contributed by atoms with E-state index in [0.717, 1.165) is 5.56 Å². The molecule has 0 aliphatic carbocycles. The van der Waals surface area contributed by atoms with Crippen molar-refractivity contribution in [2.24, 2.45) is 0 Å². The van der Waals surface area contributed by atoms with Crippen LogP contribution in [-0.4, -0.2) is 31.9 Å². The van der Waals surface area contributed by atoms with E-state index < -0.39 is 10.0 Å². The van der Waals surface area contributed by atoms with Gasteiger partial charge in [0, 0.05) is 19.8 Å². The molecule has 0 saturated carbocycles. The van der Waals surface area contributed by atoms with Crippen LogP contribution in [0, 0.1) is 0 Å². The van der Waals surface area contributed by atoms with Crippen LogP contribution in [0.5, 0.6) is 0 Å². The van der Waals surface area contributed by atoms with Crippen LogP contribution in [0.3, 0.4) is 0 Å². The standard InChI is InChI=1S/C17H21N3O2S2/c1-13(14-8-5-4-6-9-14)18-17(23)19-15-10-7-11-16(12-15)24(21,22)20(2)3/h4-13H,1-3H3,(H2,18,19,23). The Kier molecular flexibility index (Phi) is 5.93. The topological polar surface area (TPSA) is 61.4 Å². The first-order chi connectivity index (χ1) is 11.3. The Morgan fingerprint density at radius 3 is 2.38 bits per heavy atom. The number of sulfonamides is 1. The van der Waals surface area contributed by atoms with E-state index in [1.165, 1.54) is 18.4 Å². The second-order valence-corrected chi connectivity index (χ2v) is 8.11. The molecule has 1 atom stereocenters. The SMILES string of the molecule is CC(NC(=S)Nc1cccc(S(=O)(=O)N(C)C)c1)c1ccccc1. The molecule has 5 nitrogen and oxygen atoms in total. The maximum atomic E-state index is 12.2. The summed E-state index contributed by atoms with van der Waals surface area (Å²) in [6, 6.07) is 16.6. The lowest BCUT2D eigenvalue weighted by Gasteiger charge is -2.18. The van der Waals surface area contributed by atoms with Crippen molar-refractivity contribution in [2.45, 2.75) is 17.9 Å². The minimum Gasteiger partial charge on any atom is -0.356 e. The smallest absolute Gasteiger partial charge is 0.242 e. The van der Waals surface area contributed by atoms with Crippen LogP contribution in [0.25, 0.3) is 0 Å². The minimum atomic E-state index is -3.47. The van der Waals surface area contributed by atoms with Crippen LogP contribution in [0.4, 0.5) is 5.69 Å². The van der Waals surface area contributed by atoms with E-state index in [1.807, 2.05) is 37.3 Å². The Morgan fingerprint density at radius 2 is 1.75 bits per heavy atom. The molecule has 0 heterocycles. The van der Waals surface area contributed by atoms with Crippen molar-refractivity contribution in [1.29, 1.82) is 0 Å². The third kappa shape index (κ3) is 4.53. The average molecular weight is 364 g/mol. The Bertz CT molecular complexity index is 806. The Labute approximate surface area is 148 Å². The molecule has 24 heavy (non-hydrogen) atoms. The van der Waals surface area contributed by atoms with Gasteiger partial charge in [0.2, 0.25) is 10.0 Å². The number of nitrogens with zero attached hydrogens (tertiary/aromatic N) is 1. The van der Waals surface area contributed by atoms with Crippen molar-refractivity contribution in [3.8, 4) is 0 Å². The molecule has 128 valence electrons. The predicted octanol–water partition coefficient (Wildman–Crippen LogP) is 2.98. The van der Waals surface area contributed by atoms with Gasteiger partial charge in [-0.15, -0.1) is 0 Å². The largest absolute Gasteiger partial charge is 0.356 e. The maximum absolute atomic E-state index is 12.2. The normalized spacial score (nSPS) is 12.7. The lowest BCUT2D eigenvalue weighted by molar-refractivity contribution is 0.521. The molecule has 0 fully saturated rings. The summed E-state index contributed by atoms with van der Waals surface area (Å²) in [5.41, 5.74) is 1.74. The highest BCUT2D eigenvalue weighted by Gasteiger charge is 2.17. The predicted molar refractivity (Wildman–Crippen MR) is 102 cm³/mol. The average Bonchev–Trinajstić information content (AvgIpc) is 2.55. The summed E-state index contributed by atoms with van der Waals surface area (Å²) >= 11 is 5.32. The molecule has 2 rings (SSSR count). The van der Waals surface area contributed by atoms with Gasteiger partial charge in [0.25, 0.3) is 0 Å². The summed E-state index contributed by atoms with van der Waals surface area (Å²) in [5.74, 6) is 0. The molecule has 0 saturated heterocycles. The van der Waals surface area contributed by atoms with Gasteiger partial charge in [0.1, 0.15) is 0 Å². The fourth-order valence-electron chi connectivity index (χ4n) is 2.13. The number of anilines is 1. The van der Waals surface area contributed by atoms with Gasteiger partial charge in [0.15, 0.2) is 5.11 Å². The number of benzene rings is 2. The number of thiocarbonyl (C=S) groups is 1. The van der Waals surface area contributed by atoms with Crippen molar-refractivity contribution >= 4 is 33.0 Å². The summed E-state index contributed by atoms with van der Waals surface area (Å²) in [7, 11) is -0.465. The van der Waals surface area contributed by atoms with E-state index in [0.29, 0.717) is 10.8 Å². The van der Waals surface area contributed by atoms with Crippen molar-refractivity contribution in [3.05, 3.63) is 60.2 Å². The Hall–Kier alpha value is -1.96. The first kappa shape index (κ1) is 18.4. The molecule has 0 bridgehead atoms. The zero-order valence-electron chi connectivity index (χ0n) is 13.9. The van der Waals surface area contributed by atoms with Gasteiger partial charge in [-0.25, -0.2) is 12.7 Å². The maximum Gasteiger partial charge on any atom is 0.242 e. The third-order valence-corrected chi connectivity index (χ3v) is 5.55. The minimum absolute atomic E-state index is 0.0416. The van der Waals surface area contributed by atoms with Crippen molar-refractivity contribution in [1.82, 2.24) is 9.62 Å². The fraction of sp³-hybridized carbons (Fsp3) is 0.235. The van der Waals surface area contributed by atoms with E-state index in [9.17, 15) is 8.42 Å². The summed E-state index contributed by atoms with van der Waals surface area (Å²) < 4.78 is 25.5. The van der Waals surface area contributed by atoms with Crippen LogP contribution >= 0.6 is 12.2 Å². The van der Waals surface area contributed by atoms with E-state index in [4.69, 9.17) is 12.2 Å². The molecule has 0 radical (unpaired) electrons. The number of nitrogens with one attached hydrogen (secondary N) is 2. The van der Waals surface area contributed by atoms with Gasteiger partial charge >= 0.3 is 0 Å². The molecule has 0 amide bonds. The van der Waals surface area contributed by atoms with Crippen LogP contribution in [-0.2, 0) is 10.0 Å². The second-order valence-electron chi connectivity index (χ2n) is 5.55. The van der Waals surface area contributed by atoms with E-state index in [1.54, 1.807) is 24.3 Å². The summed E-state index contributed by atoms with van der Waals surface area (Å²) in [4.78, 5) is 0.219. The molecule has 0 aliphatic rings. The molecule has 0 aromatic heterocycles. The zero-order valence-corrected chi connectivity index (χ0v) is 15.5. The first-order valence-electron chi connectivity index (χ1n) is 7.46. The molecule has 2 aromatic carbocycles. The van der Waals surface area contributed by atoms with Crippen LogP contribution < -0.4 is 10.6 Å². The monoisotopic (exact) mass is 363 g/mol. The number of hydrogen-bond acceptors (Lipinski definition) is 3. The van der Waals surface area contributed by atoms with Crippen LogP contribution in [0.2, 0.25) is 0 Å².